The smallest absolute Gasteiger partial charge is 0.258 e. The molecule has 0 bridgehead atoms. The molecule has 3 aromatic rings. The van der Waals surface area contributed by atoms with Gasteiger partial charge in [-0.25, -0.2) is 9.97 Å². The molecule has 0 fully saturated rings. The Labute approximate surface area is 171 Å². The van der Waals surface area contributed by atoms with Crippen LogP contribution in [0, 0.1) is 0 Å². The third-order valence-electron chi connectivity index (χ3n) is 4.17. The second-order valence-corrected chi connectivity index (χ2v) is 8.03. The Balaban J connectivity index is 1.46. The van der Waals surface area contributed by atoms with E-state index in [1.165, 1.54) is 23.9 Å². The molecule has 2 N–H and O–H groups in total. The fourth-order valence-electron chi connectivity index (χ4n) is 2.67. The van der Waals surface area contributed by atoms with Crippen molar-refractivity contribution in [3.63, 3.8) is 0 Å². The van der Waals surface area contributed by atoms with Crippen LogP contribution in [0.2, 0.25) is 0 Å². The van der Waals surface area contributed by atoms with Crippen LogP contribution in [-0.2, 0) is 12.1 Å². The highest BCUT2D eigenvalue weighted by Gasteiger charge is 2.20. The second-order valence-electron chi connectivity index (χ2n) is 6.87. The van der Waals surface area contributed by atoms with Crippen molar-refractivity contribution in [1.82, 2.24) is 15.3 Å². The molecule has 0 atom stereocenters. The Morgan fingerprint density at radius 3 is 2.90 bits per heavy atom. The summed E-state index contributed by atoms with van der Waals surface area (Å²) in [6.45, 7) is 3.93. The molecule has 2 aromatic heterocycles. The summed E-state index contributed by atoms with van der Waals surface area (Å²) in [6.07, 6.45) is 2.72. The zero-order valence-corrected chi connectivity index (χ0v) is 16.7. The second kappa shape index (κ2) is 7.69. The van der Waals surface area contributed by atoms with Crippen LogP contribution in [0.5, 0.6) is 23.1 Å². The Morgan fingerprint density at radius 1 is 1.28 bits per heavy atom. The van der Waals surface area contributed by atoms with Crippen LogP contribution in [0.4, 0.5) is 0 Å². The molecule has 1 aliphatic heterocycles. The highest BCUT2D eigenvalue weighted by atomic mass is 32.1. The number of rotatable bonds is 6. The predicted octanol–water partition coefficient (Wildman–Crippen LogP) is 3.22. The van der Waals surface area contributed by atoms with Crippen LogP contribution in [0.25, 0.3) is 0 Å². The van der Waals surface area contributed by atoms with E-state index in [4.69, 9.17) is 14.2 Å². The van der Waals surface area contributed by atoms with Crippen LogP contribution < -0.4 is 19.5 Å². The minimum Gasteiger partial charge on any atom is -0.454 e. The zero-order chi connectivity index (χ0) is 20.4. The van der Waals surface area contributed by atoms with E-state index in [0.29, 0.717) is 23.8 Å². The molecule has 0 saturated carbocycles. The molecule has 0 saturated heterocycles. The fourth-order valence-corrected chi connectivity index (χ4v) is 3.62. The molecule has 8 nitrogen and oxygen atoms in total. The van der Waals surface area contributed by atoms with Crippen LogP contribution in [0.1, 0.15) is 34.0 Å². The Bertz CT molecular complexity index is 1040. The van der Waals surface area contributed by atoms with Gasteiger partial charge in [0.2, 0.25) is 12.7 Å². The maximum atomic E-state index is 12.7. The lowest BCUT2D eigenvalue weighted by molar-refractivity contribution is 0.0825. The van der Waals surface area contributed by atoms with Crippen molar-refractivity contribution in [1.29, 1.82) is 0 Å². The number of aliphatic hydroxyl groups is 1. The van der Waals surface area contributed by atoms with E-state index in [1.807, 2.05) is 12.1 Å². The number of ether oxygens (including phenoxy) is 3. The summed E-state index contributed by atoms with van der Waals surface area (Å²) in [4.78, 5) is 22.4. The molecule has 150 valence electrons. The molecule has 0 unspecified atom stereocenters. The third-order valence-corrected chi connectivity index (χ3v) is 5.56. The first-order chi connectivity index (χ1) is 13.9. The molecule has 4 rings (SSSR count). The number of benzene rings is 1. The van der Waals surface area contributed by atoms with Gasteiger partial charge in [-0.1, -0.05) is 0 Å². The van der Waals surface area contributed by atoms with E-state index >= 15 is 0 Å². The molecular weight excluding hydrogens is 394 g/mol. The van der Waals surface area contributed by atoms with Crippen molar-refractivity contribution in [3.8, 4) is 23.1 Å². The number of carbonyl (C=O) groups excluding carboxylic acids is 1. The summed E-state index contributed by atoms with van der Waals surface area (Å²) in [5.41, 5.74) is -0.698. The number of nitrogens with zero attached hydrogens (tertiary/aromatic N) is 2. The van der Waals surface area contributed by atoms with E-state index in [1.54, 1.807) is 32.0 Å². The molecule has 3 heterocycles. The number of hydrogen-bond acceptors (Lipinski definition) is 8. The predicted molar refractivity (Wildman–Crippen MR) is 105 cm³/mol. The molecule has 0 aliphatic carbocycles. The van der Waals surface area contributed by atoms with Crippen molar-refractivity contribution in [3.05, 3.63) is 58.2 Å². The van der Waals surface area contributed by atoms with Gasteiger partial charge in [-0.2, -0.15) is 0 Å². The van der Waals surface area contributed by atoms with Crippen molar-refractivity contribution in [2.75, 3.05) is 6.79 Å². The number of fused-ring (bicyclic) bond motifs is 1. The van der Waals surface area contributed by atoms with E-state index in [0.717, 1.165) is 9.75 Å². The lowest BCUT2D eigenvalue weighted by atomic mass is 10.1. The quantitative estimate of drug-likeness (QED) is 0.640. The maximum absolute atomic E-state index is 12.7. The molecule has 1 aliphatic rings. The van der Waals surface area contributed by atoms with Gasteiger partial charge in [0.1, 0.15) is 17.6 Å². The Kier molecular flexibility index (Phi) is 5.08. The number of nitrogens with one attached hydrogen (secondary N) is 1. The number of hydrogen-bond donors (Lipinski definition) is 2. The molecule has 1 aromatic carbocycles. The van der Waals surface area contributed by atoms with Gasteiger partial charge in [0.15, 0.2) is 11.5 Å². The van der Waals surface area contributed by atoms with Gasteiger partial charge < -0.3 is 24.6 Å². The largest absolute Gasteiger partial charge is 0.454 e. The molecule has 1 amide bonds. The van der Waals surface area contributed by atoms with Gasteiger partial charge >= 0.3 is 0 Å². The van der Waals surface area contributed by atoms with Gasteiger partial charge in [-0.05, 0) is 38.1 Å². The molecule has 9 heteroatoms. The topological polar surface area (TPSA) is 103 Å². The minimum absolute atomic E-state index is 0.139. The van der Waals surface area contributed by atoms with E-state index in [2.05, 4.69) is 15.3 Å². The van der Waals surface area contributed by atoms with Crippen molar-refractivity contribution >= 4 is 17.2 Å². The average molecular weight is 413 g/mol. The fraction of sp³-hybridized carbons (Fsp3) is 0.250. The summed E-state index contributed by atoms with van der Waals surface area (Å²) >= 11 is 1.44. The van der Waals surface area contributed by atoms with Gasteiger partial charge in [0.25, 0.3) is 5.91 Å². The number of thiophene rings is 1. The maximum Gasteiger partial charge on any atom is 0.258 e. The third kappa shape index (κ3) is 4.30. The average Bonchev–Trinajstić information content (AvgIpc) is 3.35. The minimum atomic E-state index is -0.911. The van der Waals surface area contributed by atoms with Crippen LogP contribution in [-0.4, -0.2) is 27.8 Å². The number of carbonyl (C=O) groups is 1. The summed E-state index contributed by atoms with van der Waals surface area (Å²) in [5, 5.41) is 12.9. The first-order valence-corrected chi connectivity index (χ1v) is 9.69. The summed E-state index contributed by atoms with van der Waals surface area (Å²) in [5.74, 6) is 1.46. The molecular formula is C20H19N3O5S. The lowest BCUT2D eigenvalue weighted by Gasteiger charge is -2.14. The first kappa shape index (κ1) is 19.2. The van der Waals surface area contributed by atoms with Gasteiger partial charge in [-0.15, -0.1) is 11.3 Å². The van der Waals surface area contributed by atoms with Gasteiger partial charge in [-0.3, -0.25) is 4.79 Å². The highest BCUT2D eigenvalue weighted by Crippen LogP contribution is 2.36. The molecule has 0 spiro atoms. The van der Waals surface area contributed by atoms with Crippen molar-refractivity contribution in [2.24, 2.45) is 0 Å². The molecule has 0 radical (unpaired) electrons. The monoisotopic (exact) mass is 413 g/mol. The lowest BCUT2D eigenvalue weighted by Crippen LogP contribution is -2.23. The van der Waals surface area contributed by atoms with Gasteiger partial charge in [0.05, 0.1) is 12.1 Å². The first-order valence-electron chi connectivity index (χ1n) is 8.87. The van der Waals surface area contributed by atoms with Gasteiger partial charge in [0, 0.05) is 22.0 Å². The van der Waals surface area contributed by atoms with E-state index in [9.17, 15) is 9.90 Å². The van der Waals surface area contributed by atoms with E-state index < -0.39 is 5.60 Å². The standard InChI is InChI=1S/C20H19N3O5S/c1-20(2,25)17-6-4-13(29-17)8-22-18(24)14-9-21-10-23-19(14)28-12-3-5-15-16(7-12)27-11-26-15/h3-7,9-10,25H,8,11H2,1-2H3,(H,22,24). The van der Waals surface area contributed by atoms with Crippen molar-refractivity contribution < 1.29 is 24.1 Å². The van der Waals surface area contributed by atoms with E-state index in [-0.39, 0.29) is 24.1 Å². The molecule has 29 heavy (non-hydrogen) atoms. The summed E-state index contributed by atoms with van der Waals surface area (Å²) in [7, 11) is 0. The SMILES string of the molecule is CC(C)(O)c1ccc(CNC(=O)c2cncnc2Oc2ccc3c(c2)OCO3)s1. The Morgan fingerprint density at radius 2 is 2.10 bits per heavy atom. The number of aromatic nitrogens is 2. The Hall–Kier alpha value is -3.17. The summed E-state index contributed by atoms with van der Waals surface area (Å²) < 4.78 is 16.4. The zero-order valence-electron chi connectivity index (χ0n) is 15.8. The normalized spacial score (nSPS) is 12.7. The number of amides is 1. The highest BCUT2D eigenvalue weighted by molar-refractivity contribution is 7.12. The van der Waals surface area contributed by atoms with Crippen molar-refractivity contribution in [2.45, 2.75) is 26.0 Å². The van der Waals surface area contributed by atoms with Crippen LogP contribution in [0.3, 0.4) is 0 Å². The summed E-state index contributed by atoms with van der Waals surface area (Å²) in [6, 6.07) is 8.85. The van der Waals surface area contributed by atoms with Crippen LogP contribution >= 0.6 is 11.3 Å². The van der Waals surface area contributed by atoms with Crippen LogP contribution in [0.15, 0.2) is 42.9 Å².